The molecule has 0 aromatic carbocycles. The Hall–Kier alpha value is 0.230. The zero-order valence-corrected chi connectivity index (χ0v) is 11.3. The number of rotatable bonds is 4. The summed E-state index contributed by atoms with van der Waals surface area (Å²) >= 11 is 1.99. The molecule has 16 heavy (non-hydrogen) atoms. The van der Waals surface area contributed by atoms with Gasteiger partial charge in [-0.3, -0.25) is 4.90 Å². The molecule has 0 aliphatic carbocycles. The fraction of sp³-hybridized carbons (Fsp3) is 1.00. The van der Waals surface area contributed by atoms with E-state index < -0.39 is 0 Å². The molecule has 2 aliphatic rings. The lowest BCUT2D eigenvalue weighted by molar-refractivity contribution is -0.00653. The van der Waals surface area contributed by atoms with E-state index in [0.717, 1.165) is 31.5 Å². The van der Waals surface area contributed by atoms with Crippen LogP contribution in [0.1, 0.15) is 19.3 Å². The normalized spacial score (nSPS) is 35.8. The Bertz CT molecular complexity index is 209. The first kappa shape index (κ1) is 12.7. The highest BCUT2D eigenvalue weighted by Crippen LogP contribution is 2.21. The van der Waals surface area contributed by atoms with Crippen molar-refractivity contribution in [3.8, 4) is 0 Å². The van der Waals surface area contributed by atoms with Crippen LogP contribution in [0.3, 0.4) is 0 Å². The van der Waals surface area contributed by atoms with Gasteiger partial charge in [0.2, 0.25) is 0 Å². The van der Waals surface area contributed by atoms with Gasteiger partial charge in [-0.25, -0.2) is 0 Å². The van der Waals surface area contributed by atoms with Crippen LogP contribution in [0.2, 0.25) is 0 Å². The maximum Gasteiger partial charge on any atom is 0.0702 e. The lowest BCUT2D eigenvalue weighted by Crippen LogP contribution is -2.44. The van der Waals surface area contributed by atoms with Crippen LogP contribution >= 0.6 is 11.8 Å². The third-order valence-electron chi connectivity index (χ3n) is 3.76. The second-order valence-electron chi connectivity index (χ2n) is 4.93. The van der Waals surface area contributed by atoms with E-state index in [1.54, 1.807) is 0 Å². The van der Waals surface area contributed by atoms with E-state index in [1.165, 1.54) is 19.3 Å². The SMILES string of the molecule is CSC1CNCC1N(C)CC1CCCCO1. The minimum Gasteiger partial charge on any atom is -0.377 e. The number of thioether (sulfide) groups is 1. The highest BCUT2D eigenvalue weighted by molar-refractivity contribution is 7.99. The predicted molar refractivity (Wildman–Crippen MR) is 70.2 cm³/mol. The minimum atomic E-state index is 0.474. The number of ether oxygens (including phenoxy) is 1. The second-order valence-corrected chi connectivity index (χ2v) is 6.00. The Morgan fingerprint density at radius 3 is 2.94 bits per heavy atom. The number of likely N-dealkylation sites (N-methyl/N-ethyl adjacent to an activating group) is 1. The van der Waals surface area contributed by atoms with Gasteiger partial charge in [-0.2, -0.15) is 11.8 Å². The van der Waals surface area contributed by atoms with Gasteiger partial charge in [0.25, 0.3) is 0 Å². The van der Waals surface area contributed by atoms with E-state index in [-0.39, 0.29) is 0 Å². The molecule has 4 heteroatoms. The molecular weight excluding hydrogens is 220 g/mol. The molecule has 0 spiro atoms. The van der Waals surface area contributed by atoms with Crippen molar-refractivity contribution in [2.24, 2.45) is 0 Å². The molecule has 2 aliphatic heterocycles. The molecule has 0 amide bonds. The standard InChI is InChI=1S/C12H24N2OS/c1-14(9-10-5-3-4-6-15-10)11-7-13-8-12(11)16-2/h10-13H,3-9H2,1-2H3. The van der Waals surface area contributed by atoms with Crippen molar-refractivity contribution in [1.82, 2.24) is 10.2 Å². The van der Waals surface area contributed by atoms with Crippen LogP contribution in [0, 0.1) is 0 Å². The quantitative estimate of drug-likeness (QED) is 0.803. The van der Waals surface area contributed by atoms with E-state index in [9.17, 15) is 0 Å². The van der Waals surface area contributed by atoms with Gasteiger partial charge in [-0.15, -0.1) is 0 Å². The molecule has 2 fully saturated rings. The second kappa shape index (κ2) is 6.24. The minimum absolute atomic E-state index is 0.474. The number of nitrogens with one attached hydrogen (secondary N) is 1. The Morgan fingerprint density at radius 1 is 1.38 bits per heavy atom. The zero-order valence-electron chi connectivity index (χ0n) is 10.4. The molecule has 0 radical (unpaired) electrons. The summed E-state index contributed by atoms with van der Waals surface area (Å²) in [6.45, 7) is 4.35. The summed E-state index contributed by atoms with van der Waals surface area (Å²) in [6, 6.07) is 0.681. The molecule has 0 saturated carbocycles. The first-order valence-corrected chi connectivity index (χ1v) is 7.65. The van der Waals surface area contributed by atoms with Crippen molar-refractivity contribution in [3.05, 3.63) is 0 Å². The molecule has 3 nitrogen and oxygen atoms in total. The first-order valence-electron chi connectivity index (χ1n) is 6.36. The maximum atomic E-state index is 5.81. The maximum absolute atomic E-state index is 5.81. The van der Waals surface area contributed by atoms with Crippen molar-refractivity contribution in [3.63, 3.8) is 0 Å². The summed E-state index contributed by atoms with van der Waals surface area (Å²) in [7, 11) is 2.25. The average molecular weight is 244 g/mol. The van der Waals surface area contributed by atoms with Crippen LogP contribution in [0.5, 0.6) is 0 Å². The van der Waals surface area contributed by atoms with Crippen molar-refractivity contribution < 1.29 is 4.74 Å². The molecule has 0 aromatic rings. The Labute approximate surface area is 103 Å². The number of hydrogen-bond donors (Lipinski definition) is 1. The van der Waals surface area contributed by atoms with Crippen LogP contribution < -0.4 is 5.32 Å². The van der Waals surface area contributed by atoms with Gasteiger partial charge < -0.3 is 10.1 Å². The third-order valence-corrected chi connectivity index (χ3v) is 4.85. The fourth-order valence-electron chi connectivity index (χ4n) is 2.73. The van der Waals surface area contributed by atoms with E-state index in [1.807, 2.05) is 11.8 Å². The number of nitrogens with zero attached hydrogens (tertiary/aromatic N) is 1. The van der Waals surface area contributed by atoms with Crippen molar-refractivity contribution in [1.29, 1.82) is 0 Å². The molecule has 0 bridgehead atoms. The molecule has 1 N–H and O–H groups in total. The average Bonchev–Trinajstić information content (AvgIpc) is 2.78. The molecule has 94 valence electrons. The van der Waals surface area contributed by atoms with Crippen LogP contribution in [0.25, 0.3) is 0 Å². The van der Waals surface area contributed by atoms with E-state index in [0.29, 0.717) is 12.1 Å². The monoisotopic (exact) mass is 244 g/mol. The molecular formula is C12H24N2OS. The van der Waals surface area contributed by atoms with E-state index in [4.69, 9.17) is 4.74 Å². The van der Waals surface area contributed by atoms with Crippen LogP contribution in [0.15, 0.2) is 0 Å². The summed E-state index contributed by atoms with van der Waals surface area (Å²) < 4.78 is 5.81. The molecule has 0 aromatic heterocycles. The first-order chi connectivity index (χ1) is 7.81. The van der Waals surface area contributed by atoms with Crippen LogP contribution in [-0.4, -0.2) is 61.8 Å². The predicted octanol–water partition coefficient (Wildman–Crippen LogP) is 1.19. The van der Waals surface area contributed by atoms with Crippen LogP contribution in [-0.2, 0) is 4.74 Å². The lowest BCUT2D eigenvalue weighted by atomic mass is 10.1. The zero-order chi connectivity index (χ0) is 11.4. The molecule has 2 rings (SSSR count). The summed E-state index contributed by atoms with van der Waals surface area (Å²) in [5, 5.41) is 4.23. The van der Waals surface area contributed by atoms with Gasteiger partial charge in [0.1, 0.15) is 0 Å². The summed E-state index contributed by atoms with van der Waals surface area (Å²) in [4.78, 5) is 2.50. The van der Waals surface area contributed by atoms with Crippen molar-refractivity contribution in [2.45, 2.75) is 36.7 Å². The van der Waals surface area contributed by atoms with Gasteiger partial charge >= 0.3 is 0 Å². The summed E-state index contributed by atoms with van der Waals surface area (Å²) in [6.07, 6.45) is 6.53. The van der Waals surface area contributed by atoms with Crippen molar-refractivity contribution >= 4 is 11.8 Å². The molecule has 2 heterocycles. The Morgan fingerprint density at radius 2 is 2.25 bits per heavy atom. The highest BCUT2D eigenvalue weighted by atomic mass is 32.2. The van der Waals surface area contributed by atoms with Gasteiger partial charge in [0.15, 0.2) is 0 Å². The molecule has 2 saturated heterocycles. The third kappa shape index (κ3) is 3.13. The van der Waals surface area contributed by atoms with Crippen molar-refractivity contribution in [2.75, 3.05) is 39.5 Å². The van der Waals surface area contributed by atoms with Gasteiger partial charge in [-0.1, -0.05) is 0 Å². The van der Waals surface area contributed by atoms with Gasteiger partial charge in [0, 0.05) is 37.5 Å². The summed E-state index contributed by atoms with van der Waals surface area (Å²) in [5.74, 6) is 0. The van der Waals surface area contributed by atoms with Crippen LogP contribution in [0.4, 0.5) is 0 Å². The molecule has 3 atom stereocenters. The van der Waals surface area contributed by atoms with Gasteiger partial charge in [-0.05, 0) is 32.6 Å². The topological polar surface area (TPSA) is 24.5 Å². The Kier molecular flexibility index (Phi) is 4.95. The fourth-order valence-corrected chi connectivity index (χ4v) is 3.63. The lowest BCUT2D eigenvalue weighted by Gasteiger charge is -2.32. The molecule has 3 unspecified atom stereocenters. The smallest absolute Gasteiger partial charge is 0.0702 e. The van der Waals surface area contributed by atoms with Gasteiger partial charge in [0.05, 0.1) is 6.10 Å². The highest BCUT2D eigenvalue weighted by Gasteiger charge is 2.30. The Balaban J connectivity index is 1.79. The number of hydrogen-bond acceptors (Lipinski definition) is 4. The largest absolute Gasteiger partial charge is 0.377 e. The van der Waals surface area contributed by atoms with E-state index in [2.05, 4.69) is 23.5 Å². The van der Waals surface area contributed by atoms with E-state index >= 15 is 0 Å². The summed E-state index contributed by atoms with van der Waals surface area (Å²) in [5.41, 5.74) is 0.